The van der Waals surface area contributed by atoms with Crippen molar-refractivity contribution in [2.75, 3.05) is 5.32 Å². The minimum atomic E-state index is -1.10. The molecule has 1 aromatic carbocycles. The molecule has 20 heavy (non-hydrogen) atoms. The molecule has 2 N–H and O–H groups in total. The molecule has 1 fully saturated rings. The van der Waals surface area contributed by atoms with Gasteiger partial charge in [-0.05, 0) is 30.9 Å². The van der Waals surface area contributed by atoms with Crippen LogP contribution in [0.15, 0.2) is 30.3 Å². The second-order valence-corrected chi connectivity index (χ2v) is 4.97. The molecule has 3 rings (SSSR count). The Kier molecular flexibility index (Phi) is 3.28. The molecule has 0 radical (unpaired) electrons. The summed E-state index contributed by atoms with van der Waals surface area (Å²) in [5.74, 6) is -1.50. The molecule has 5 heteroatoms. The summed E-state index contributed by atoms with van der Waals surface area (Å²) >= 11 is 0. The number of aliphatic carboxylic acids is 1. The summed E-state index contributed by atoms with van der Waals surface area (Å²) in [6.07, 6.45) is 3.49. The number of epoxide rings is 1. The van der Waals surface area contributed by atoms with Crippen LogP contribution in [0.25, 0.3) is 5.57 Å². The number of amides is 1. The minimum absolute atomic E-state index is 0.400. The smallest absolute Gasteiger partial charge is 0.336 e. The molecule has 1 heterocycles. The Labute approximate surface area is 116 Å². The Morgan fingerprint density at radius 3 is 2.70 bits per heavy atom. The van der Waals surface area contributed by atoms with E-state index in [0.29, 0.717) is 5.69 Å². The Morgan fingerprint density at radius 2 is 2.05 bits per heavy atom. The van der Waals surface area contributed by atoms with E-state index in [2.05, 4.69) is 11.4 Å². The van der Waals surface area contributed by atoms with Crippen LogP contribution in [0.4, 0.5) is 5.69 Å². The van der Waals surface area contributed by atoms with Crippen molar-refractivity contribution in [1.29, 1.82) is 0 Å². The number of ether oxygens (including phenoxy) is 1. The third kappa shape index (κ3) is 2.44. The largest absolute Gasteiger partial charge is 0.479 e. The first-order chi connectivity index (χ1) is 9.66. The van der Waals surface area contributed by atoms with Crippen LogP contribution in [0.1, 0.15) is 24.8 Å². The lowest BCUT2D eigenvalue weighted by Gasteiger charge is -2.11. The van der Waals surface area contributed by atoms with Gasteiger partial charge in [-0.2, -0.15) is 0 Å². The van der Waals surface area contributed by atoms with Crippen molar-refractivity contribution in [2.45, 2.75) is 31.5 Å². The third-order valence-corrected chi connectivity index (χ3v) is 3.57. The van der Waals surface area contributed by atoms with Crippen LogP contribution < -0.4 is 5.32 Å². The summed E-state index contributed by atoms with van der Waals surface area (Å²) in [5, 5.41) is 11.5. The zero-order valence-electron chi connectivity index (χ0n) is 10.8. The van der Waals surface area contributed by atoms with Crippen molar-refractivity contribution >= 4 is 23.1 Å². The maximum Gasteiger partial charge on any atom is 0.336 e. The van der Waals surface area contributed by atoms with E-state index in [-0.39, 0.29) is 0 Å². The van der Waals surface area contributed by atoms with Gasteiger partial charge in [-0.25, -0.2) is 4.79 Å². The van der Waals surface area contributed by atoms with Gasteiger partial charge in [0.1, 0.15) is 0 Å². The van der Waals surface area contributed by atoms with Crippen LogP contribution in [0.2, 0.25) is 0 Å². The number of carbonyl (C=O) groups is 2. The van der Waals surface area contributed by atoms with Crippen molar-refractivity contribution in [3.63, 3.8) is 0 Å². The van der Waals surface area contributed by atoms with Crippen molar-refractivity contribution in [3.8, 4) is 0 Å². The average Bonchev–Trinajstić information content (AvgIpc) is 3.08. The van der Waals surface area contributed by atoms with Crippen LogP contribution in [0.3, 0.4) is 0 Å². The molecule has 5 nitrogen and oxygen atoms in total. The Balaban J connectivity index is 1.75. The van der Waals surface area contributed by atoms with Crippen LogP contribution in [-0.2, 0) is 14.3 Å². The van der Waals surface area contributed by atoms with Crippen LogP contribution >= 0.6 is 0 Å². The highest BCUT2D eigenvalue weighted by atomic mass is 16.6. The van der Waals surface area contributed by atoms with Gasteiger partial charge >= 0.3 is 5.97 Å². The molecule has 0 aromatic heterocycles. The maximum atomic E-state index is 11.9. The number of carboxylic acid groups (broad SMARTS) is 1. The van der Waals surface area contributed by atoms with Gasteiger partial charge in [-0.1, -0.05) is 24.3 Å². The second-order valence-electron chi connectivity index (χ2n) is 4.97. The predicted molar refractivity (Wildman–Crippen MR) is 73.2 cm³/mol. The number of anilines is 1. The van der Waals surface area contributed by atoms with E-state index in [0.717, 1.165) is 24.8 Å². The fourth-order valence-electron chi connectivity index (χ4n) is 2.49. The van der Waals surface area contributed by atoms with Crippen molar-refractivity contribution in [2.24, 2.45) is 0 Å². The van der Waals surface area contributed by atoms with Gasteiger partial charge in [-0.15, -0.1) is 0 Å². The summed E-state index contributed by atoms with van der Waals surface area (Å²) in [6.45, 7) is 0. The highest BCUT2D eigenvalue weighted by Crippen LogP contribution is 2.33. The zero-order chi connectivity index (χ0) is 14.1. The summed E-state index contributed by atoms with van der Waals surface area (Å²) < 4.78 is 4.85. The van der Waals surface area contributed by atoms with Gasteiger partial charge in [0.2, 0.25) is 0 Å². The van der Waals surface area contributed by atoms with E-state index in [1.54, 1.807) is 0 Å². The molecule has 2 unspecified atom stereocenters. The zero-order valence-corrected chi connectivity index (χ0v) is 10.8. The molecule has 1 amide bonds. The first-order valence-electron chi connectivity index (χ1n) is 6.64. The Bertz CT molecular complexity index is 593. The quantitative estimate of drug-likeness (QED) is 0.823. The SMILES string of the molecule is O=C(O)C1OC1C(=O)Nc1ccccc1C1=CCCC1. The number of allylic oxidation sites excluding steroid dienone is 2. The molecule has 2 atom stereocenters. The Hall–Kier alpha value is -2.14. The normalized spacial score (nSPS) is 24.1. The number of carboxylic acids is 1. The lowest BCUT2D eigenvalue weighted by atomic mass is 10.0. The van der Waals surface area contributed by atoms with E-state index in [4.69, 9.17) is 9.84 Å². The monoisotopic (exact) mass is 273 g/mol. The first-order valence-corrected chi connectivity index (χ1v) is 6.64. The molecular weight excluding hydrogens is 258 g/mol. The molecule has 1 aliphatic heterocycles. The third-order valence-electron chi connectivity index (χ3n) is 3.57. The van der Waals surface area contributed by atoms with Gasteiger partial charge in [0.25, 0.3) is 5.91 Å². The molecule has 1 saturated heterocycles. The van der Waals surface area contributed by atoms with Crippen LogP contribution in [0, 0.1) is 0 Å². The fraction of sp³-hybridized carbons (Fsp3) is 0.333. The molecule has 2 aliphatic rings. The van der Waals surface area contributed by atoms with Crippen LogP contribution in [-0.4, -0.2) is 29.2 Å². The average molecular weight is 273 g/mol. The molecular formula is C15H15NO4. The number of rotatable bonds is 4. The first kappa shape index (κ1) is 12.9. The topological polar surface area (TPSA) is 78.9 Å². The van der Waals surface area contributed by atoms with E-state index in [1.807, 2.05) is 24.3 Å². The summed E-state index contributed by atoms with van der Waals surface area (Å²) in [7, 11) is 0. The van der Waals surface area contributed by atoms with Crippen molar-refractivity contribution < 1.29 is 19.4 Å². The number of carbonyl (C=O) groups excluding carboxylic acids is 1. The maximum absolute atomic E-state index is 11.9. The van der Waals surface area contributed by atoms with Crippen molar-refractivity contribution in [3.05, 3.63) is 35.9 Å². The standard InChI is InChI=1S/C15H15NO4/c17-14(12-13(20-12)15(18)19)16-11-8-4-3-7-10(11)9-5-1-2-6-9/h3-5,7-8,12-13H,1-2,6H2,(H,16,17)(H,18,19). The summed E-state index contributed by atoms with van der Waals surface area (Å²) in [5.41, 5.74) is 2.95. The van der Waals surface area contributed by atoms with E-state index in [9.17, 15) is 9.59 Å². The van der Waals surface area contributed by atoms with Gasteiger partial charge in [0, 0.05) is 11.3 Å². The lowest BCUT2D eigenvalue weighted by molar-refractivity contribution is -0.138. The number of para-hydroxylation sites is 1. The second kappa shape index (κ2) is 5.09. The molecule has 0 saturated carbocycles. The predicted octanol–water partition coefficient (Wildman–Crippen LogP) is 2.04. The van der Waals surface area contributed by atoms with Crippen LogP contribution in [0.5, 0.6) is 0 Å². The summed E-state index contributed by atoms with van der Waals surface area (Å²) in [4.78, 5) is 22.6. The van der Waals surface area contributed by atoms with Gasteiger partial charge in [0.05, 0.1) is 0 Å². The van der Waals surface area contributed by atoms with E-state index < -0.39 is 24.1 Å². The van der Waals surface area contributed by atoms with Gasteiger partial charge in [-0.3, -0.25) is 4.79 Å². The van der Waals surface area contributed by atoms with E-state index in [1.165, 1.54) is 5.57 Å². The minimum Gasteiger partial charge on any atom is -0.479 e. The van der Waals surface area contributed by atoms with E-state index >= 15 is 0 Å². The number of benzene rings is 1. The lowest BCUT2D eigenvalue weighted by Crippen LogP contribution is -2.23. The number of hydrogen-bond acceptors (Lipinski definition) is 3. The molecule has 0 bridgehead atoms. The highest BCUT2D eigenvalue weighted by molar-refractivity contribution is 6.01. The number of nitrogens with one attached hydrogen (secondary N) is 1. The van der Waals surface area contributed by atoms with Gasteiger partial charge in [0.15, 0.2) is 12.2 Å². The molecule has 1 aromatic rings. The molecule has 0 spiro atoms. The fourth-order valence-corrected chi connectivity index (χ4v) is 2.49. The number of hydrogen-bond donors (Lipinski definition) is 2. The summed E-state index contributed by atoms with van der Waals surface area (Å²) in [6, 6.07) is 7.56. The van der Waals surface area contributed by atoms with Crippen molar-refractivity contribution in [1.82, 2.24) is 0 Å². The molecule has 104 valence electrons. The molecule has 1 aliphatic carbocycles. The van der Waals surface area contributed by atoms with Gasteiger partial charge < -0.3 is 15.2 Å². The highest BCUT2D eigenvalue weighted by Gasteiger charge is 2.50. The Morgan fingerprint density at radius 1 is 1.25 bits per heavy atom.